The molecule has 1 amide bonds. The molecule has 2 bridgehead atoms. The highest BCUT2D eigenvalue weighted by Crippen LogP contribution is 2.20. The van der Waals surface area contributed by atoms with Crippen molar-refractivity contribution in [2.45, 2.75) is 31.3 Å². The Kier molecular flexibility index (Phi) is 5.16. The second-order valence-corrected chi connectivity index (χ2v) is 5.54. The van der Waals surface area contributed by atoms with Gasteiger partial charge in [-0.15, -0.1) is 13.2 Å². The number of carbonyl (C=O) groups excluding carboxylic acids is 1. The van der Waals surface area contributed by atoms with Gasteiger partial charge in [0.25, 0.3) is 0 Å². The van der Waals surface area contributed by atoms with Crippen LogP contribution in [-0.2, 0) is 4.79 Å². The molecule has 106 valence electrons. The lowest BCUT2D eigenvalue weighted by atomic mass is 10.1. The molecule has 2 heterocycles. The SMILES string of the molecule is C=CCN(CC=C)C(=O)CN1CCC2CCC(C1)N2. The maximum Gasteiger partial charge on any atom is 0.237 e. The number of hydrogen-bond donors (Lipinski definition) is 1. The number of nitrogens with zero attached hydrogens (tertiary/aromatic N) is 2. The average Bonchev–Trinajstić information content (AvgIpc) is 2.72. The lowest BCUT2D eigenvalue weighted by molar-refractivity contribution is -0.131. The lowest BCUT2D eigenvalue weighted by Crippen LogP contribution is -2.43. The molecule has 0 aromatic rings. The maximum atomic E-state index is 12.3. The summed E-state index contributed by atoms with van der Waals surface area (Å²) in [5, 5.41) is 3.64. The van der Waals surface area contributed by atoms with E-state index in [0.717, 1.165) is 19.5 Å². The molecule has 1 N–H and O–H groups in total. The predicted octanol–water partition coefficient (Wildman–Crippen LogP) is 1.01. The van der Waals surface area contributed by atoms with Crippen molar-refractivity contribution in [3.8, 4) is 0 Å². The van der Waals surface area contributed by atoms with E-state index < -0.39 is 0 Å². The van der Waals surface area contributed by atoms with Gasteiger partial charge in [-0.2, -0.15) is 0 Å². The maximum absolute atomic E-state index is 12.3. The number of amides is 1. The molecule has 0 spiro atoms. The first-order valence-electron chi connectivity index (χ1n) is 7.21. The minimum absolute atomic E-state index is 0.178. The highest BCUT2D eigenvalue weighted by Gasteiger charge is 2.30. The number of hydrogen-bond acceptors (Lipinski definition) is 3. The molecule has 2 aliphatic heterocycles. The van der Waals surface area contributed by atoms with E-state index in [4.69, 9.17) is 0 Å². The fourth-order valence-electron chi connectivity index (χ4n) is 3.04. The highest BCUT2D eigenvalue weighted by molar-refractivity contribution is 5.78. The molecule has 2 aliphatic rings. The van der Waals surface area contributed by atoms with Gasteiger partial charge in [0.2, 0.25) is 5.91 Å². The van der Waals surface area contributed by atoms with Gasteiger partial charge in [-0.1, -0.05) is 12.2 Å². The molecule has 0 radical (unpaired) electrons. The van der Waals surface area contributed by atoms with E-state index in [1.165, 1.54) is 12.8 Å². The van der Waals surface area contributed by atoms with E-state index in [1.807, 2.05) is 0 Å². The first-order chi connectivity index (χ1) is 9.22. The van der Waals surface area contributed by atoms with Gasteiger partial charge in [0.1, 0.15) is 0 Å². The van der Waals surface area contributed by atoms with E-state index in [0.29, 0.717) is 31.7 Å². The summed E-state index contributed by atoms with van der Waals surface area (Å²) >= 11 is 0. The molecular weight excluding hydrogens is 238 g/mol. The largest absolute Gasteiger partial charge is 0.334 e. The fourth-order valence-corrected chi connectivity index (χ4v) is 3.04. The topological polar surface area (TPSA) is 35.6 Å². The zero-order valence-electron chi connectivity index (χ0n) is 11.7. The Morgan fingerprint density at radius 2 is 1.89 bits per heavy atom. The van der Waals surface area contributed by atoms with E-state index >= 15 is 0 Å². The van der Waals surface area contributed by atoms with Gasteiger partial charge in [0.15, 0.2) is 0 Å². The van der Waals surface area contributed by atoms with Crippen molar-refractivity contribution in [3.63, 3.8) is 0 Å². The summed E-state index contributed by atoms with van der Waals surface area (Å²) in [7, 11) is 0. The Balaban J connectivity index is 1.86. The van der Waals surface area contributed by atoms with E-state index in [1.54, 1.807) is 17.1 Å². The smallest absolute Gasteiger partial charge is 0.237 e. The third-order valence-corrected chi connectivity index (χ3v) is 4.02. The van der Waals surface area contributed by atoms with Crippen molar-refractivity contribution in [2.24, 2.45) is 0 Å². The summed E-state index contributed by atoms with van der Waals surface area (Å²) < 4.78 is 0. The van der Waals surface area contributed by atoms with Crippen molar-refractivity contribution >= 4 is 5.91 Å². The quantitative estimate of drug-likeness (QED) is 0.727. The Morgan fingerprint density at radius 3 is 2.58 bits per heavy atom. The average molecular weight is 263 g/mol. The molecule has 2 unspecified atom stereocenters. The van der Waals surface area contributed by atoms with E-state index in [9.17, 15) is 4.79 Å². The van der Waals surface area contributed by atoms with Crippen LogP contribution in [-0.4, -0.2) is 60.5 Å². The van der Waals surface area contributed by atoms with Crippen LogP contribution in [0.15, 0.2) is 25.3 Å². The van der Waals surface area contributed by atoms with Crippen LogP contribution in [0.4, 0.5) is 0 Å². The minimum Gasteiger partial charge on any atom is -0.334 e. The van der Waals surface area contributed by atoms with Gasteiger partial charge < -0.3 is 10.2 Å². The summed E-state index contributed by atoms with van der Waals surface area (Å²) in [4.78, 5) is 16.4. The standard InChI is InChI=1S/C15H25N3O/c1-3-8-18(9-4-2)15(19)12-17-10-7-13-5-6-14(11-17)16-13/h3-4,13-14,16H,1-2,5-12H2. The van der Waals surface area contributed by atoms with Gasteiger partial charge in [0, 0.05) is 38.3 Å². The van der Waals surface area contributed by atoms with Crippen LogP contribution in [0.25, 0.3) is 0 Å². The molecule has 0 aromatic heterocycles. The fraction of sp³-hybridized carbons (Fsp3) is 0.667. The van der Waals surface area contributed by atoms with Gasteiger partial charge in [-0.25, -0.2) is 0 Å². The molecule has 0 saturated carbocycles. The molecule has 4 nitrogen and oxygen atoms in total. The second-order valence-electron chi connectivity index (χ2n) is 5.54. The number of likely N-dealkylation sites (tertiary alicyclic amines) is 1. The second kappa shape index (κ2) is 6.87. The van der Waals surface area contributed by atoms with Crippen LogP contribution in [0.3, 0.4) is 0 Å². The predicted molar refractivity (Wildman–Crippen MR) is 78.0 cm³/mol. The van der Waals surface area contributed by atoms with Gasteiger partial charge in [-0.3, -0.25) is 9.69 Å². The first-order valence-corrected chi connectivity index (χ1v) is 7.21. The zero-order valence-corrected chi connectivity index (χ0v) is 11.7. The normalized spacial score (nSPS) is 26.7. The van der Waals surface area contributed by atoms with E-state index in [-0.39, 0.29) is 5.91 Å². The van der Waals surface area contributed by atoms with Crippen LogP contribution in [0.2, 0.25) is 0 Å². The minimum atomic E-state index is 0.178. The molecule has 0 aromatic carbocycles. The zero-order chi connectivity index (χ0) is 13.7. The van der Waals surface area contributed by atoms with Crippen LogP contribution >= 0.6 is 0 Å². The van der Waals surface area contributed by atoms with Crippen LogP contribution in [0.5, 0.6) is 0 Å². The Hall–Kier alpha value is -1.13. The molecule has 2 atom stereocenters. The van der Waals surface area contributed by atoms with Gasteiger partial charge in [-0.05, 0) is 19.3 Å². The number of fused-ring (bicyclic) bond motifs is 2. The highest BCUT2D eigenvalue weighted by atomic mass is 16.2. The van der Waals surface area contributed by atoms with Gasteiger partial charge in [0.05, 0.1) is 6.54 Å². The van der Waals surface area contributed by atoms with Crippen LogP contribution in [0, 0.1) is 0 Å². The lowest BCUT2D eigenvalue weighted by Gasteiger charge is -2.27. The molecule has 2 fully saturated rings. The molecule has 4 heteroatoms. The summed E-state index contributed by atoms with van der Waals surface area (Å²) in [6.07, 6.45) is 7.25. The number of rotatable bonds is 6. The Morgan fingerprint density at radius 1 is 1.21 bits per heavy atom. The van der Waals surface area contributed by atoms with Crippen molar-refractivity contribution in [2.75, 3.05) is 32.7 Å². The van der Waals surface area contributed by atoms with Crippen LogP contribution < -0.4 is 5.32 Å². The van der Waals surface area contributed by atoms with Gasteiger partial charge >= 0.3 is 0 Å². The molecule has 0 aliphatic carbocycles. The van der Waals surface area contributed by atoms with Crippen molar-refractivity contribution in [1.82, 2.24) is 15.1 Å². The van der Waals surface area contributed by atoms with Crippen molar-refractivity contribution in [1.29, 1.82) is 0 Å². The third-order valence-electron chi connectivity index (χ3n) is 4.02. The van der Waals surface area contributed by atoms with E-state index in [2.05, 4.69) is 23.4 Å². The molecule has 2 saturated heterocycles. The number of carbonyl (C=O) groups is 1. The molecule has 2 rings (SSSR count). The molecule has 19 heavy (non-hydrogen) atoms. The summed E-state index contributed by atoms with van der Waals surface area (Å²) in [5.41, 5.74) is 0. The van der Waals surface area contributed by atoms with Crippen molar-refractivity contribution in [3.05, 3.63) is 25.3 Å². The number of nitrogens with one attached hydrogen (secondary N) is 1. The monoisotopic (exact) mass is 263 g/mol. The summed E-state index contributed by atoms with van der Waals surface area (Å²) in [5.74, 6) is 0.178. The third kappa shape index (κ3) is 3.91. The molecular formula is C15H25N3O. The van der Waals surface area contributed by atoms with Crippen molar-refractivity contribution < 1.29 is 4.79 Å². The first kappa shape index (κ1) is 14.3. The Bertz CT molecular complexity index is 332. The Labute approximate surface area is 116 Å². The summed E-state index contributed by atoms with van der Waals surface area (Å²) in [6, 6.07) is 1.25. The summed E-state index contributed by atoms with van der Waals surface area (Å²) in [6.45, 7) is 11.2. The van der Waals surface area contributed by atoms with Crippen LogP contribution in [0.1, 0.15) is 19.3 Å².